The van der Waals surface area contributed by atoms with Gasteiger partial charge in [-0.05, 0) is 30.5 Å². The van der Waals surface area contributed by atoms with E-state index in [9.17, 15) is 9.18 Å². The van der Waals surface area contributed by atoms with Crippen molar-refractivity contribution in [3.63, 3.8) is 0 Å². The van der Waals surface area contributed by atoms with E-state index in [1.807, 2.05) is 29.2 Å². The first-order valence-electron chi connectivity index (χ1n) is 10.6. The minimum absolute atomic E-state index is 0.0654. The maximum Gasteiger partial charge on any atom is 0.253 e. The lowest BCUT2D eigenvalue weighted by Gasteiger charge is -2.30. The molecule has 1 N–H and O–H groups in total. The Bertz CT molecular complexity index is 1050. The number of para-hydroxylation sites is 1. The summed E-state index contributed by atoms with van der Waals surface area (Å²) in [6.45, 7) is 2.93. The van der Waals surface area contributed by atoms with E-state index in [1.54, 1.807) is 6.07 Å². The molecule has 0 radical (unpaired) electrons. The summed E-state index contributed by atoms with van der Waals surface area (Å²) in [6, 6.07) is 15.3. The van der Waals surface area contributed by atoms with Crippen molar-refractivity contribution in [1.82, 2.24) is 14.8 Å². The van der Waals surface area contributed by atoms with Gasteiger partial charge in [0.15, 0.2) is 0 Å². The van der Waals surface area contributed by atoms with Gasteiger partial charge in [0, 0.05) is 48.3 Å². The molecular formula is C24H26FN3O2. The maximum absolute atomic E-state index is 14.2. The summed E-state index contributed by atoms with van der Waals surface area (Å²) in [4.78, 5) is 15.1. The number of morpholine rings is 1. The Kier molecular flexibility index (Phi) is 5.27. The van der Waals surface area contributed by atoms with Crippen LogP contribution >= 0.6 is 0 Å². The van der Waals surface area contributed by atoms with Crippen molar-refractivity contribution in [1.29, 1.82) is 0 Å². The van der Waals surface area contributed by atoms with E-state index in [1.165, 1.54) is 6.07 Å². The fourth-order valence-corrected chi connectivity index (χ4v) is 4.26. The van der Waals surface area contributed by atoms with Gasteiger partial charge in [-0.25, -0.2) is 4.39 Å². The number of carbonyl (C=O) groups excluding carboxylic acids is 1. The number of ether oxygens (including phenoxy) is 1. The largest absolute Gasteiger partial charge is 0.366 e. The molecule has 1 saturated carbocycles. The Hall–Kier alpha value is -2.70. The Labute approximate surface area is 175 Å². The summed E-state index contributed by atoms with van der Waals surface area (Å²) in [6.07, 6.45) is 3.74. The van der Waals surface area contributed by atoms with Gasteiger partial charge >= 0.3 is 0 Å². The Morgan fingerprint density at radius 3 is 2.70 bits per heavy atom. The van der Waals surface area contributed by atoms with E-state index < -0.39 is 6.10 Å². The van der Waals surface area contributed by atoms with Crippen molar-refractivity contribution < 1.29 is 13.9 Å². The van der Waals surface area contributed by atoms with E-state index >= 15 is 0 Å². The van der Waals surface area contributed by atoms with Crippen molar-refractivity contribution in [3.05, 3.63) is 71.7 Å². The average molecular weight is 407 g/mol. The number of hydrogen-bond donors (Lipinski definition) is 1. The number of nitrogens with one attached hydrogen (secondary N) is 1. The zero-order valence-electron chi connectivity index (χ0n) is 16.9. The summed E-state index contributed by atoms with van der Waals surface area (Å²) in [5, 5.41) is 4.35. The molecule has 0 bridgehead atoms. The van der Waals surface area contributed by atoms with Crippen molar-refractivity contribution in [3.8, 4) is 0 Å². The second-order valence-electron chi connectivity index (χ2n) is 8.15. The maximum atomic E-state index is 14.2. The second-order valence-corrected chi connectivity index (χ2v) is 8.15. The van der Waals surface area contributed by atoms with Crippen LogP contribution < -0.4 is 5.32 Å². The van der Waals surface area contributed by atoms with Crippen molar-refractivity contribution in [2.45, 2.75) is 38.1 Å². The van der Waals surface area contributed by atoms with Gasteiger partial charge in [-0.3, -0.25) is 4.79 Å². The van der Waals surface area contributed by atoms with Crippen LogP contribution in [0.5, 0.6) is 0 Å². The lowest BCUT2D eigenvalue weighted by molar-refractivity contribution is -0.146. The summed E-state index contributed by atoms with van der Waals surface area (Å²) >= 11 is 0. The lowest BCUT2D eigenvalue weighted by atomic mass is 10.1. The zero-order valence-corrected chi connectivity index (χ0v) is 16.9. The smallest absolute Gasteiger partial charge is 0.253 e. The molecule has 5 nitrogen and oxygen atoms in total. The fourth-order valence-electron chi connectivity index (χ4n) is 4.26. The van der Waals surface area contributed by atoms with Crippen LogP contribution in [-0.4, -0.2) is 47.2 Å². The van der Waals surface area contributed by atoms with Crippen molar-refractivity contribution >= 4 is 16.8 Å². The van der Waals surface area contributed by atoms with Crippen molar-refractivity contribution in [2.24, 2.45) is 0 Å². The molecule has 156 valence electrons. The van der Waals surface area contributed by atoms with Gasteiger partial charge in [0.2, 0.25) is 0 Å². The normalized spacial score (nSPS) is 19.2. The summed E-state index contributed by atoms with van der Waals surface area (Å²) in [5.74, 6) is -0.135. The summed E-state index contributed by atoms with van der Waals surface area (Å²) in [5.41, 5.74) is 2.79. The first kappa shape index (κ1) is 19.3. The molecule has 1 aliphatic carbocycles. The Balaban J connectivity index is 1.45. The van der Waals surface area contributed by atoms with E-state index in [4.69, 9.17) is 4.74 Å². The van der Waals surface area contributed by atoms with Gasteiger partial charge in [-0.15, -0.1) is 0 Å². The SMILES string of the molecule is O=C(C1CNCCO1)N(Cc1cn(Cc2ccccc2F)c2ccccc12)C1CC1. The molecule has 2 aliphatic rings. The number of amides is 1. The van der Waals surface area contributed by atoms with Crippen LogP contribution in [0.1, 0.15) is 24.0 Å². The molecule has 2 fully saturated rings. The Morgan fingerprint density at radius 2 is 1.93 bits per heavy atom. The number of hydrogen-bond acceptors (Lipinski definition) is 3. The standard InChI is InChI=1S/C24H26FN3O2/c25-21-7-3-1-5-17(21)14-27-15-18(20-6-2-4-8-22(20)27)16-28(19-9-10-19)24(29)23-13-26-11-12-30-23/h1-8,15,19,23,26H,9-14,16H2. The minimum Gasteiger partial charge on any atom is -0.366 e. The molecule has 1 aromatic heterocycles. The molecule has 3 aromatic rings. The zero-order chi connectivity index (χ0) is 20.5. The van der Waals surface area contributed by atoms with Crippen LogP contribution in [0.15, 0.2) is 54.7 Å². The third-order valence-electron chi connectivity index (χ3n) is 5.98. The van der Waals surface area contributed by atoms with E-state index in [0.29, 0.717) is 31.8 Å². The fraction of sp³-hybridized carbons (Fsp3) is 0.375. The molecule has 2 aromatic carbocycles. The number of rotatable bonds is 6. The molecule has 1 saturated heterocycles. The van der Waals surface area contributed by atoms with E-state index in [2.05, 4.69) is 28.2 Å². The van der Waals surface area contributed by atoms with Crippen molar-refractivity contribution in [2.75, 3.05) is 19.7 Å². The van der Waals surface area contributed by atoms with Crippen LogP contribution in [-0.2, 0) is 22.6 Å². The second kappa shape index (κ2) is 8.20. The molecular weight excluding hydrogens is 381 g/mol. The Morgan fingerprint density at radius 1 is 1.13 bits per heavy atom. The number of carbonyl (C=O) groups is 1. The quantitative estimate of drug-likeness (QED) is 0.682. The van der Waals surface area contributed by atoms with Crippen LogP contribution in [0.3, 0.4) is 0 Å². The summed E-state index contributed by atoms with van der Waals surface area (Å²) < 4.78 is 22.0. The van der Waals surface area contributed by atoms with E-state index in [0.717, 1.165) is 35.9 Å². The molecule has 6 heteroatoms. The van der Waals surface area contributed by atoms with Crippen LogP contribution in [0.4, 0.5) is 4.39 Å². The molecule has 1 amide bonds. The van der Waals surface area contributed by atoms with Gasteiger partial charge in [0.05, 0.1) is 13.2 Å². The number of benzene rings is 2. The number of aromatic nitrogens is 1. The lowest BCUT2D eigenvalue weighted by Crippen LogP contribution is -2.49. The number of fused-ring (bicyclic) bond motifs is 1. The highest BCUT2D eigenvalue weighted by Crippen LogP contribution is 2.32. The van der Waals surface area contributed by atoms with Gasteiger partial charge in [0.1, 0.15) is 11.9 Å². The van der Waals surface area contributed by atoms with Gasteiger partial charge in [0.25, 0.3) is 5.91 Å². The third-order valence-corrected chi connectivity index (χ3v) is 5.98. The van der Waals surface area contributed by atoms with Crippen LogP contribution in [0, 0.1) is 5.82 Å². The molecule has 2 heterocycles. The van der Waals surface area contributed by atoms with Crippen LogP contribution in [0.2, 0.25) is 0 Å². The predicted molar refractivity (Wildman–Crippen MR) is 114 cm³/mol. The predicted octanol–water partition coefficient (Wildman–Crippen LogP) is 3.31. The highest BCUT2D eigenvalue weighted by atomic mass is 19.1. The first-order chi connectivity index (χ1) is 14.7. The first-order valence-corrected chi connectivity index (χ1v) is 10.6. The number of halogens is 1. The molecule has 1 aliphatic heterocycles. The molecule has 1 atom stereocenters. The van der Waals surface area contributed by atoms with Gasteiger partial charge in [-0.1, -0.05) is 36.4 Å². The molecule has 1 unspecified atom stereocenters. The average Bonchev–Trinajstić information content (AvgIpc) is 3.57. The number of nitrogens with zero attached hydrogens (tertiary/aromatic N) is 2. The van der Waals surface area contributed by atoms with E-state index in [-0.39, 0.29) is 17.8 Å². The minimum atomic E-state index is -0.411. The van der Waals surface area contributed by atoms with Crippen LogP contribution in [0.25, 0.3) is 10.9 Å². The molecule has 5 rings (SSSR count). The summed E-state index contributed by atoms with van der Waals surface area (Å²) in [7, 11) is 0. The monoisotopic (exact) mass is 407 g/mol. The highest BCUT2D eigenvalue weighted by Gasteiger charge is 2.37. The topological polar surface area (TPSA) is 46.5 Å². The third kappa shape index (κ3) is 3.85. The molecule has 30 heavy (non-hydrogen) atoms. The molecule has 0 spiro atoms. The highest BCUT2D eigenvalue weighted by molar-refractivity contribution is 5.86. The van der Waals surface area contributed by atoms with Gasteiger partial charge in [-0.2, -0.15) is 0 Å². The van der Waals surface area contributed by atoms with Gasteiger partial charge < -0.3 is 19.5 Å².